The molecule has 2 aliphatic heterocycles. The summed E-state index contributed by atoms with van der Waals surface area (Å²) in [4.78, 5) is 17.0. The van der Waals surface area contributed by atoms with Crippen LogP contribution in [0.1, 0.15) is 17.2 Å². The fourth-order valence-corrected chi connectivity index (χ4v) is 3.09. The van der Waals surface area contributed by atoms with E-state index in [4.69, 9.17) is 0 Å². The third kappa shape index (κ3) is 2.38. The Morgan fingerprint density at radius 3 is 2.95 bits per heavy atom. The maximum atomic E-state index is 12.6. The second-order valence-corrected chi connectivity index (χ2v) is 5.70. The Morgan fingerprint density at radius 1 is 1.32 bits per heavy atom. The monoisotopic (exact) mass is 259 g/mol. The number of nitrogens with one attached hydrogen (secondary N) is 1. The summed E-state index contributed by atoms with van der Waals surface area (Å²) >= 11 is 0. The van der Waals surface area contributed by atoms with E-state index >= 15 is 0 Å². The number of hydrogen-bond donors (Lipinski definition) is 1. The molecule has 1 aromatic rings. The van der Waals surface area contributed by atoms with Crippen molar-refractivity contribution in [3.63, 3.8) is 0 Å². The van der Waals surface area contributed by atoms with Crippen LogP contribution in [0.5, 0.6) is 0 Å². The highest BCUT2D eigenvalue weighted by Gasteiger charge is 2.38. The van der Waals surface area contributed by atoms with Crippen LogP contribution in [-0.4, -0.2) is 55.0 Å². The largest absolute Gasteiger partial charge is 0.334 e. The lowest BCUT2D eigenvalue weighted by molar-refractivity contribution is -0.141. The molecule has 1 N–H and O–H groups in total. The number of aryl methyl sites for hydroxylation is 1. The number of nitrogens with zero attached hydrogens (tertiary/aromatic N) is 2. The molecule has 1 aromatic carbocycles. The summed E-state index contributed by atoms with van der Waals surface area (Å²) in [5.74, 6) is 0.231. The fraction of sp³-hybridized carbons (Fsp3) is 0.533. The first-order chi connectivity index (χ1) is 9.15. The van der Waals surface area contributed by atoms with Crippen molar-refractivity contribution in [1.82, 2.24) is 15.1 Å². The molecule has 0 aliphatic carbocycles. The van der Waals surface area contributed by atoms with E-state index in [1.807, 2.05) is 12.1 Å². The number of likely N-dealkylation sites (N-methyl/N-ethyl adjacent to an activating group) is 1. The van der Waals surface area contributed by atoms with Crippen LogP contribution in [0.4, 0.5) is 0 Å². The van der Waals surface area contributed by atoms with Crippen molar-refractivity contribution in [2.75, 3.05) is 33.2 Å². The van der Waals surface area contributed by atoms with Gasteiger partial charge in [-0.05, 0) is 19.5 Å². The van der Waals surface area contributed by atoms with E-state index < -0.39 is 0 Å². The molecule has 102 valence electrons. The summed E-state index contributed by atoms with van der Waals surface area (Å²) in [6.45, 7) is 5.75. The predicted octanol–water partition coefficient (Wildman–Crippen LogP) is 0.782. The minimum Gasteiger partial charge on any atom is -0.334 e. The van der Waals surface area contributed by atoms with E-state index in [0.717, 1.165) is 31.7 Å². The molecule has 0 bridgehead atoms. The number of benzene rings is 1. The number of rotatable bonds is 1. The van der Waals surface area contributed by atoms with Gasteiger partial charge in [-0.25, -0.2) is 0 Å². The van der Waals surface area contributed by atoms with Gasteiger partial charge in [0.15, 0.2) is 0 Å². The molecule has 19 heavy (non-hydrogen) atoms. The second kappa shape index (κ2) is 4.94. The molecule has 0 saturated carbocycles. The quantitative estimate of drug-likeness (QED) is 0.809. The highest BCUT2D eigenvalue weighted by molar-refractivity contribution is 5.84. The average Bonchev–Trinajstić information content (AvgIpc) is 2.39. The van der Waals surface area contributed by atoms with Crippen LogP contribution in [0, 0.1) is 6.92 Å². The average molecular weight is 259 g/mol. The van der Waals surface area contributed by atoms with E-state index in [1.54, 1.807) is 0 Å². The molecule has 2 aliphatic rings. The number of hydrogen-bond acceptors (Lipinski definition) is 3. The Bertz CT molecular complexity index is 488. The molecule has 2 saturated heterocycles. The first-order valence-corrected chi connectivity index (χ1v) is 6.94. The van der Waals surface area contributed by atoms with E-state index in [-0.39, 0.29) is 11.9 Å². The van der Waals surface area contributed by atoms with Crippen LogP contribution in [0.15, 0.2) is 24.3 Å². The Hall–Kier alpha value is -1.39. The molecule has 0 radical (unpaired) electrons. The van der Waals surface area contributed by atoms with Crippen LogP contribution < -0.4 is 5.32 Å². The predicted molar refractivity (Wildman–Crippen MR) is 74.9 cm³/mol. The number of fused-ring (bicyclic) bond motifs is 1. The molecule has 2 unspecified atom stereocenters. The van der Waals surface area contributed by atoms with Crippen molar-refractivity contribution in [2.24, 2.45) is 0 Å². The van der Waals surface area contributed by atoms with Crippen LogP contribution in [0.25, 0.3) is 0 Å². The molecule has 2 atom stereocenters. The molecule has 4 heteroatoms. The van der Waals surface area contributed by atoms with E-state index in [1.165, 1.54) is 5.56 Å². The van der Waals surface area contributed by atoms with Crippen molar-refractivity contribution in [3.8, 4) is 0 Å². The lowest BCUT2D eigenvalue weighted by Crippen LogP contribution is -2.63. The first-order valence-electron chi connectivity index (χ1n) is 6.94. The van der Waals surface area contributed by atoms with Gasteiger partial charge in [-0.1, -0.05) is 29.8 Å². The Morgan fingerprint density at radius 2 is 2.16 bits per heavy atom. The zero-order valence-corrected chi connectivity index (χ0v) is 11.6. The first kappa shape index (κ1) is 12.6. The third-order valence-electron chi connectivity index (χ3n) is 4.15. The summed E-state index contributed by atoms with van der Waals surface area (Å²) < 4.78 is 0. The van der Waals surface area contributed by atoms with Crippen LogP contribution >= 0.6 is 0 Å². The highest BCUT2D eigenvalue weighted by Crippen LogP contribution is 2.24. The smallest absolute Gasteiger partial charge is 0.244 e. The van der Waals surface area contributed by atoms with Gasteiger partial charge in [0.1, 0.15) is 6.04 Å². The standard InChI is InChI=1S/C15H21N3O/c1-11-4-3-5-12(8-11)14-15(19)18-7-6-17(2)10-13(18)9-16-14/h3-5,8,13-14,16H,6-7,9-10H2,1-2H3. The van der Waals surface area contributed by atoms with E-state index in [9.17, 15) is 4.79 Å². The Kier molecular flexibility index (Phi) is 3.29. The minimum absolute atomic E-state index is 0.167. The summed E-state index contributed by atoms with van der Waals surface area (Å²) in [5.41, 5.74) is 2.29. The Balaban J connectivity index is 1.81. The zero-order valence-electron chi connectivity index (χ0n) is 11.6. The van der Waals surface area contributed by atoms with Gasteiger partial charge >= 0.3 is 0 Å². The second-order valence-electron chi connectivity index (χ2n) is 5.70. The SMILES string of the molecule is Cc1cccc(C2NCC3CN(C)CCN3C2=O)c1. The molecule has 2 heterocycles. The topological polar surface area (TPSA) is 35.6 Å². The normalized spacial score (nSPS) is 28.3. The minimum atomic E-state index is -0.167. The van der Waals surface area contributed by atoms with Crippen molar-refractivity contribution < 1.29 is 4.79 Å². The number of piperazine rings is 2. The van der Waals surface area contributed by atoms with Crippen molar-refractivity contribution in [3.05, 3.63) is 35.4 Å². The summed E-state index contributed by atoms with van der Waals surface area (Å²) in [5, 5.41) is 3.41. The van der Waals surface area contributed by atoms with Crippen LogP contribution in [0.2, 0.25) is 0 Å². The Labute approximate surface area is 114 Å². The summed E-state index contributed by atoms with van der Waals surface area (Å²) in [6, 6.07) is 8.39. The van der Waals surface area contributed by atoms with E-state index in [0.29, 0.717) is 6.04 Å². The van der Waals surface area contributed by atoms with Gasteiger partial charge < -0.3 is 15.1 Å². The molecular formula is C15H21N3O. The van der Waals surface area contributed by atoms with Crippen molar-refractivity contribution in [1.29, 1.82) is 0 Å². The molecule has 0 aromatic heterocycles. The van der Waals surface area contributed by atoms with Gasteiger partial charge in [-0.2, -0.15) is 0 Å². The van der Waals surface area contributed by atoms with Crippen LogP contribution in [-0.2, 0) is 4.79 Å². The maximum Gasteiger partial charge on any atom is 0.244 e. The van der Waals surface area contributed by atoms with Gasteiger partial charge in [0.05, 0.1) is 6.04 Å². The highest BCUT2D eigenvalue weighted by atomic mass is 16.2. The molecular weight excluding hydrogens is 238 g/mol. The van der Waals surface area contributed by atoms with Gasteiger partial charge in [0.25, 0.3) is 0 Å². The fourth-order valence-electron chi connectivity index (χ4n) is 3.09. The summed E-state index contributed by atoms with van der Waals surface area (Å²) in [7, 11) is 2.12. The lowest BCUT2D eigenvalue weighted by atomic mass is 9.98. The molecule has 1 amide bonds. The lowest BCUT2D eigenvalue weighted by Gasteiger charge is -2.45. The van der Waals surface area contributed by atoms with Gasteiger partial charge in [0.2, 0.25) is 5.91 Å². The van der Waals surface area contributed by atoms with Gasteiger partial charge in [0, 0.05) is 26.2 Å². The van der Waals surface area contributed by atoms with Crippen molar-refractivity contribution >= 4 is 5.91 Å². The van der Waals surface area contributed by atoms with Gasteiger partial charge in [-0.15, -0.1) is 0 Å². The number of carbonyl (C=O) groups excluding carboxylic acids is 1. The molecule has 0 spiro atoms. The molecule has 3 rings (SSSR count). The third-order valence-corrected chi connectivity index (χ3v) is 4.15. The number of carbonyl (C=O) groups is 1. The van der Waals surface area contributed by atoms with Crippen LogP contribution in [0.3, 0.4) is 0 Å². The van der Waals surface area contributed by atoms with Crippen molar-refractivity contribution in [2.45, 2.75) is 19.0 Å². The van der Waals surface area contributed by atoms with E-state index in [2.05, 4.69) is 41.2 Å². The molecule has 2 fully saturated rings. The summed E-state index contributed by atoms with van der Waals surface area (Å²) in [6.07, 6.45) is 0. The zero-order chi connectivity index (χ0) is 13.4. The van der Waals surface area contributed by atoms with Gasteiger partial charge in [-0.3, -0.25) is 4.79 Å². The number of amides is 1. The molecule has 4 nitrogen and oxygen atoms in total. The maximum absolute atomic E-state index is 12.6.